The predicted octanol–water partition coefficient (Wildman–Crippen LogP) is 2.16. The Hall–Kier alpha value is -2.38. The van der Waals surface area contributed by atoms with Gasteiger partial charge in [-0.1, -0.05) is 30.3 Å². The highest BCUT2D eigenvalue weighted by molar-refractivity contribution is 7.89. The number of rotatable bonds is 6. The third-order valence-corrected chi connectivity index (χ3v) is 5.25. The number of sulfonamides is 1. The van der Waals surface area contributed by atoms with E-state index in [0.29, 0.717) is 26.1 Å². The van der Waals surface area contributed by atoms with Gasteiger partial charge in [0.05, 0.1) is 11.4 Å². The second-order valence-electron chi connectivity index (χ2n) is 5.39. The van der Waals surface area contributed by atoms with Gasteiger partial charge in [0, 0.05) is 12.2 Å². The molecule has 0 aliphatic carbocycles. The second-order valence-corrected chi connectivity index (χ2v) is 7.16. The molecule has 24 heavy (non-hydrogen) atoms. The van der Waals surface area contributed by atoms with Crippen molar-refractivity contribution in [3.63, 3.8) is 0 Å². The molecular formula is C17H18N2O4S. The lowest BCUT2D eigenvalue weighted by Gasteiger charge is -2.13. The van der Waals surface area contributed by atoms with E-state index in [1.54, 1.807) is 35.2 Å². The molecule has 0 unspecified atom stereocenters. The minimum Gasteiger partial charge on any atom is -0.447 e. The second kappa shape index (κ2) is 7.02. The topological polar surface area (TPSA) is 75.7 Å². The van der Waals surface area contributed by atoms with Crippen molar-refractivity contribution in [3.8, 4) is 0 Å². The summed E-state index contributed by atoms with van der Waals surface area (Å²) in [4.78, 5) is 13.3. The maximum Gasteiger partial charge on any atom is 0.414 e. The van der Waals surface area contributed by atoms with E-state index in [4.69, 9.17) is 4.74 Å². The lowest BCUT2D eigenvalue weighted by Crippen LogP contribution is -2.26. The van der Waals surface area contributed by atoms with E-state index in [2.05, 4.69) is 4.72 Å². The number of hydrogen-bond acceptors (Lipinski definition) is 4. The van der Waals surface area contributed by atoms with Gasteiger partial charge in [-0.25, -0.2) is 17.9 Å². The molecule has 1 amide bonds. The molecule has 1 fully saturated rings. The zero-order chi connectivity index (χ0) is 17.0. The maximum absolute atomic E-state index is 12.1. The van der Waals surface area contributed by atoms with Crippen LogP contribution in [-0.2, 0) is 21.2 Å². The number of nitrogens with zero attached hydrogens (tertiary/aromatic N) is 1. The molecule has 1 heterocycles. The molecule has 0 bridgehead atoms. The Bertz CT molecular complexity index is 804. The molecule has 126 valence electrons. The van der Waals surface area contributed by atoms with Gasteiger partial charge in [0.15, 0.2) is 0 Å². The smallest absolute Gasteiger partial charge is 0.414 e. The summed E-state index contributed by atoms with van der Waals surface area (Å²) in [5.41, 5.74) is 1.77. The van der Waals surface area contributed by atoms with Gasteiger partial charge in [-0.05, 0) is 36.2 Å². The quantitative estimate of drug-likeness (QED) is 0.870. The number of ether oxygens (including phenoxy) is 1. The summed E-state index contributed by atoms with van der Waals surface area (Å²) in [6.45, 7) is 1.26. The fourth-order valence-electron chi connectivity index (χ4n) is 2.48. The van der Waals surface area contributed by atoms with Crippen molar-refractivity contribution in [2.45, 2.75) is 11.3 Å². The number of nitrogens with one attached hydrogen (secondary N) is 1. The van der Waals surface area contributed by atoms with E-state index >= 15 is 0 Å². The Morgan fingerprint density at radius 3 is 2.38 bits per heavy atom. The fourth-order valence-corrected chi connectivity index (χ4v) is 3.54. The van der Waals surface area contributed by atoms with Gasteiger partial charge >= 0.3 is 6.09 Å². The van der Waals surface area contributed by atoms with Gasteiger partial charge in [-0.15, -0.1) is 0 Å². The van der Waals surface area contributed by atoms with Crippen LogP contribution in [0, 0.1) is 0 Å². The van der Waals surface area contributed by atoms with Crippen molar-refractivity contribution >= 4 is 21.8 Å². The van der Waals surface area contributed by atoms with Crippen LogP contribution in [-0.4, -0.2) is 34.2 Å². The summed E-state index contributed by atoms with van der Waals surface area (Å²) in [6.07, 6.45) is 0.231. The van der Waals surface area contributed by atoms with Gasteiger partial charge in [0.2, 0.25) is 10.0 Å². The molecule has 1 aliphatic rings. The first-order valence-electron chi connectivity index (χ1n) is 7.64. The largest absolute Gasteiger partial charge is 0.447 e. The first-order chi connectivity index (χ1) is 11.6. The van der Waals surface area contributed by atoms with Crippen LogP contribution < -0.4 is 9.62 Å². The summed E-state index contributed by atoms with van der Waals surface area (Å²) in [7, 11) is -3.48. The summed E-state index contributed by atoms with van der Waals surface area (Å²) >= 11 is 0. The van der Waals surface area contributed by atoms with Crippen molar-refractivity contribution in [2.75, 3.05) is 24.6 Å². The van der Waals surface area contributed by atoms with Crippen LogP contribution in [0.5, 0.6) is 0 Å². The van der Waals surface area contributed by atoms with Crippen LogP contribution in [0.3, 0.4) is 0 Å². The third kappa shape index (κ3) is 3.74. The molecule has 0 spiro atoms. The van der Waals surface area contributed by atoms with Crippen LogP contribution >= 0.6 is 0 Å². The van der Waals surface area contributed by atoms with Gasteiger partial charge in [-0.2, -0.15) is 0 Å². The number of anilines is 1. The zero-order valence-corrected chi connectivity index (χ0v) is 13.8. The molecule has 0 saturated carbocycles. The Morgan fingerprint density at radius 2 is 1.75 bits per heavy atom. The van der Waals surface area contributed by atoms with Crippen LogP contribution in [0.25, 0.3) is 0 Å². The molecule has 2 aromatic carbocycles. The molecule has 1 N–H and O–H groups in total. The zero-order valence-electron chi connectivity index (χ0n) is 13.0. The molecule has 0 atom stereocenters. The van der Waals surface area contributed by atoms with Crippen molar-refractivity contribution < 1.29 is 17.9 Å². The minimum atomic E-state index is -3.48. The van der Waals surface area contributed by atoms with Gasteiger partial charge in [0.25, 0.3) is 0 Å². The average molecular weight is 346 g/mol. The molecule has 7 heteroatoms. The average Bonchev–Trinajstić information content (AvgIpc) is 3.02. The summed E-state index contributed by atoms with van der Waals surface area (Å²) in [5.74, 6) is 0. The van der Waals surface area contributed by atoms with E-state index in [0.717, 1.165) is 11.3 Å². The number of carbonyl (C=O) groups excluding carboxylic acids is 1. The number of carbonyl (C=O) groups is 1. The molecule has 2 aromatic rings. The summed E-state index contributed by atoms with van der Waals surface area (Å²) in [5, 5.41) is 0. The molecule has 0 radical (unpaired) electrons. The Morgan fingerprint density at radius 1 is 1.04 bits per heavy atom. The van der Waals surface area contributed by atoms with Crippen molar-refractivity contribution in [3.05, 3.63) is 60.2 Å². The fraction of sp³-hybridized carbons (Fsp3) is 0.235. The molecule has 6 nitrogen and oxygen atoms in total. The lowest BCUT2D eigenvalue weighted by molar-refractivity contribution is 0.181. The molecule has 1 aliphatic heterocycles. The van der Waals surface area contributed by atoms with E-state index in [-0.39, 0.29) is 11.0 Å². The Balaban J connectivity index is 1.56. The van der Waals surface area contributed by atoms with Crippen molar-refractivity contribution in [1.29, 1.82) is 0 Å². The number of benzene rings is 2. The van der Waals surface area contributed by atoms with Crippen LogP contribution in [0.4, 0.5) is 10.5 Å². The van der Waals surface area contributed by atoms with Crippen molar-refractivity contribution in [1.82, 2.24) is 4.72 Å². The number of hydrogen-bond donors (Lipinski definition) is 1. The van der Waals surface area contributed by atoms with Gasteiger partial charge in [0.1, 0.15) is 6.61 Å². The predicted molar refractivity (Wildman–Crippen MR) is 90.5 cm³/mol. The van der Waals surface area contributed by atoms with Gasteiger partial charge < -0.3 is 4.74 Å². The lowest BCUT2D eigenvalue weighted by atomic mass is 10.1. The van der Waals surface area contributed by atoms with Crippen LogP contribution in [0.1, 0.15) is 5.56 Å². The molecule has 3 rings (SSSR count). The molecular weight excluding hydrogens is 328 g/mol. The number of cyclic esters (lactones) is 1. The molecule has 0 aromatic heterocycles. The summed E-state index contributed by atoms with van der Waals surface area (Å²) < 4.78 is 31.7. The SMILES string of the molecule is O=C1OCCN1c1ccc(CCNS(=O)(=O)c2ccccc2)cc1. The van der Waals surface area contributed by atoms with Crippen molar-refractivity contribution in [2.24, 2.45) is 0 Å². The Kier molecular flexibility index (Phi) is 4.82. The summed E-state index contributed by atoms with van der Waals surface area (Å²) in [6, 6.07) is 15.7. The van der Waals surface area contributed by atoms with Gasteiger partial charge in [-0.3, -0.25) is 4.90 Å². The van der Waals surface area contributed by atoms with Crippen LogP contribution in [0.2, 0.25) is 0 Å². The maximum atomic E-state index is 12.1. The minimum absolute atomic E-state index is 0.257. The highest BCUT2D eigenvalue weighted by Crippen LogP contribution is 2.19. The molecule has 1 saturated heterocycles. The van der Waals surface area contributed by atoms with E-state index in [9.17, 15) is 13.2 Å². The first kappa shape index (κ1) is 16.5. The van der Waals surface area contributed by atoms with Crippen LogP contribution in [0.15, 0.2) is 59.5 Å². The normalized spacial score (nSPS) is 14.7. The highest BCUT2D eigenvalue weighted by Gasteiger charge is 2.23. The monoisotopic (exact) mass is 346 g/mol. The highest BCUT2D eigenvalue weighted by atomic mass is 32.2. The number of amides is 1. The third-order valence-electron chi connectivity index (χ3n) is 3.77. The van der Waals surface area contributed by atoms with E-state index < -0.39 is 10.0 Å². The standard InChI is InChI=1S/C17H18N2O4S/c20-17-19(12-13-23-17)15-8-6-14(7-9-15)10-11-18-24(21,22)16-4-2-1-3-5-16/h1-9,18H,10-13H2. The Labute approximate surface area is 141 Å². The first-order valence-corrected chi connectivity index (χ1v) is 9.12. The van der Waals surface area contributed by atoms with E-state index in [1.165, 1.54) is 0 Å². The van der Waals surface area contributed by atoms with E-state index in [1.807, 2.05) is 24.3 Å².